The normalized spacial score (nSPS) is 9.05. The van der Waals surface area contributed by atoms with Gasteiger partial charge in [-0.3, -0.25) is 0 Å². The van der Waals surface area contributed by atoms with Crippen LogP contribution in [-0.4, -0.2) is 0 Å². The molecular formula is C18H22S. The Labute approximate surface area is 120 Å². The van der Waals surface area contributed by atoms with E-state index in [2.05, 4.69) is 73.8 Å². The summed E-state index contributed by atoms with van der Waals surface area (Å²) < 4.78 is 0. The minimum Gasteiger partial charge on any atom is -0.149 e. The summed E-state index contributed by atoms with van der Waals surface area (Å²) in [6.07, 6.45) is 0. The summed E-state index contributed by atoms with van der Waals surface area (Å²) >= 11 is 1.78. The Bertz CT molecular complexity index is 574. The lowest BCUT2D eigenvalue weighted by atomic mass is 10.1. The lowest BCUT2D eigenvalue weighted by Crippen LogP contribution is -1.75. The van der Waals surface area contributed by atoms with Gasteiger partial charge in [0.1, 0.15) is 0 Å². The predicted octanol–water partition coefficient (Wildman–Crippen LogP) is 6.23. The molecule has 1 heterocycles. The van der Waals surface area contributed by atoms with Gasteiger partial charge in [0.25, 0.3) is 0 Å². The maximum absolute atomic E-state index is 2.16. The molecule has 3 aromatic rings. The summed E-state index contributed by atoms with van der Waals surface area (Å²) in [4.78, 5) is 1.38. The van der Waals surface area contributed by atoms with Crippen molar-refractivity contribution in [1.29, 1.82) is 0 Å². The highest BCUT2D eigenvalue weighted by molar-refractivity contribution is 7.09. The molecule has 0 unspecified atom stereocenters. The molecule has 1 aromatic heterocycles. The van der Waals surface area contributed by atoms with E-state index in [1.807, 2.05) is 13.8 Å². The van der Waals surface area contributed by atoms with Crippen LogP contribution >= 0.6 is 11.3 Å². The summed E-state index contributed by atoms with van der Waals surface area (Å²) in [6, 6.07) is 19.0. The van der Waals surface area contributed by atoms with Gasteiger partial charge >= 0.3 is 0 Å². The number of thiophene rings is 1. The van der Waals surface area contributed by atoms with Gasteiger partial charge in [0.2, 0.25) is 0 Å². The number of rotatable bonds is 0. The van der Waals surface area contributed by atoms with E-state index < -0.39 is 0 Å². The second-order valence-electron chi connectivity index (χ2n) is 4.02. The van der Waals surface area contributed by atoms with Gasteiger partial charge in [0.05, 0.1) is 0 Å². The van der Waals surface area contributed by atoms with Crippen molar-refractivity contribution >= 4 is 22.1 Å². The first-order valence-corrected chi connectivity index (χ1v) is 7.60. The summed E-state index contributed by atoms with van der Waals surface area (Å²) in [7, 11) is 0. The predicted molar refractivity (Wildman–Crippen MR) is 89.1 cm³/mol. The first-order chi connectivity index (χ1) is 9.27. The minimum absolute atomic E-state index is 1.33. The molecule has 100 valence electrons. The van der Waals surface area contributed by atoms with Crippen molar-refractivity contribution in [2.24, 2.45) is 0 Å². The average molecular weight is 270 g/mol. The number of benzene rings is 2. The molecule has 0 saturated heterocycles. The van der Waals surface area contributed by atoms with Crippen LogP contribution in [-0.2, 0) is 0 Å². The van der Waals surface area contributed by atoms with E-state index in [-0.39, 0.29) is 0 Å². The largest absolute Gasteiger partial charge is 0.149 e. The van der Waals surface area contributed by atoms with Crippen LogP contribution in [0.3, 0.4) is 0 Å². The van der Waals surface area contributed by atoms with Crippen LogP contribution in [0, 0.1) is 13.8 Å². The Morgan fingerprint density at radius 1 is 0.737 bits per heavy atom. The molecule has 0 radical (unpaired) electrons. The molecule has 0 nitrogen and oxygen atoms in total. The van der Waals surface area contributed by atoms with Crippen LogP contribution in [0.2, 0.25) is 0 Å². The highest BCUT2D eigenvalue weighted by atomic mass is 32.1. The lowest BCUT2D eigenvalue weighted by Gasteiger charge is -1.98. The van der Waals surface area contributed by atoms with Gasteiger partial charge < -0.3 is 0 Å². The Morgan fingerprint density at radius 3 is 1.95 bits per heavy atom. The van der Waals surface area contributed by atoms with Gasteiger partial charge in [-0.25, -0.2) is 0 Å². The molecule has 0 aliphatic rings. The van der Waals surface area contributed by atoms with Crippen molar-refractivity contribution in [2.75, 3.05) is 0 Å². The van der Waals surface area contributed by atoms with Gasteiger partial charge in [0, 0.05) is 4.88 Å². The fourth-order valence-electron chi connectivity index (χ4n) is 1.75. The van der Waals surface area contributed by atoms with Crippen LogP contribution in [0.1, 0.15) is 24.3 Å². The second kappa shape index (κ2) is 8.49. The zero-order valence-electron chi connectivity index (χ0n) is 12.2. The standard InChI is InChI=1S/C11H10.C5H6S.C2H6/c1-9-5-4-7-10-6-2-3-8-11(9)10;1-5-3-2-4-6-5;1-2/h2-8H,1H3;2-4H,1H3;1-2H3. The number of hydrogen-bond donors (Lipinski definition) is 0. The monoisotopic (exact) mass is 270 g/mol. The van der Waals surface area contributed by atoms with Crippen molar-refractivity contribution < 1.29 is 0 Å². The van der Waals surface area contributed by atoms with Gasteiger partial charge in [-0.2, -0.15) is 0 Å². The van der Waals surface area contributed by atoms with E-state index in [0.717, 1.165) is 0 Å². The fraction of sp³-hybridized carbons (Fsp3) is 0.222. The van der Waals surface area contributed by atoms with Crippen LogP contribution in [0.15, 0.2) is 60.0 Å². The molecule has 0 saturated carbocycles. The lowest BCUT2D eigenvalue weighted by molar-refractivity contribution is 1.50. The molecule has 0 N–H and O–H groups in total. The molecule has 0 atom stereocenters. The third-order valence-corrected chi connectivity index (χ3v) is 3.47. The van der Waals surface area contributed by atoms with E-state index in [1.54, 1.807) is 11.3 Å². The molecule has 19 heavy (non-hydrogen) atoms. The number of hydrogen-bond acceptors (Lipinski definition) is 1. The van der Waals surface area contributed by atoms with Crippen molar-refractivity contribution in [3.63, 3.8) is 0 Å². The molecule has 0 aliphatic carbocycles. The summed E-state index contributed by atoms with van der Waals surface area (Å²) in [5.41, 5.74) is 1.35. The van der Waals surface area contributed by atoms with Crippen molar-refractivity contribution in [3.8, 4) is 0 Å². The van der Waals surface area contributed by atoms with E-state index in [9.17, 15) is 0 Å². The molecule has 1 heteroatoms. The van der Waals surface area contributed by atoms with Gasteiger partial charge in [-0.15, -0.1) is 11.3 Å². The first kappa shape index (κ1) is 15.5. The topological polar surface area (TPSA) is 0 Å². The van der Waals surface area contributed by atoms with E-state index in [0.29, 0.717) is 0 Å². The highest BCUT2D eigenvalue weighted by Crippen LogP contribution is 2.16. The number of fused-ring (bicyclic) bond motifs is 1. The maximum atomic E-state index is 2.16. The summed E-state index contributed by atoms with van der Waals surface area (Å²) in [5, 5.41) is 4.76. The van der Waals surface area contributed by atoms with E-state index in [4.69, 9.17) is 0 Å². The molecule has 0 amide bonds. The van der Waals surface area contributed by atoms with Crippen molar-refractivity contribution in [3.05, 3.63) is 70.4 Å². The zero-order chi connectivity index (χ0) is 14.1. The summed E-state index contributed by atoms with van der Waals surface area (Å²) in [6.45, 7) is 8.24. The Morgan fingerprint density at radius 2 is 1.42 bits per heavy atom. The zero-order valence-corrected chi connectivity index (χ0v) is 13.0. The van der Waals surface area contributed by atoms with Crippen LogP contribution in [0.25, 0.3) is 10.8 Å². The van der Waals surface area contributed by atoms with Crippen molar-refractivity contribution in [1.82, 2.24) is 0 Å². The number of aryl methyl sites for hydroxylation is 2. The third-order valence-electron chi connectivity index (χ3n) is 2.67. The van der Waals surface area contributed by atoms with Gasteiger partial charge in [-0.1, -0.05) is 62.4 Å². The molecule has 0 aliphatic heterocycles. The molecule has 0 spiro atoms. The average Bonchev–Trinajstić information content (AvgIpc) is 2.94. The second-order valence-corrected chi connectivity index (χ2v) is 5.17. The Balaban J connectivity index is 0.000000192. The molecule has 2 aromatic carbocycles. The Hall–Kier alpha value is -1.60. The molecule has 3 rings (SSSR count). The Kier molecular flexibility index (Phi) is 6.91. The van der Waals surface area contributed by atoms with Crippen LogP contribution < -0.4 is 0 Å². The highest BCUT2D eigenvalue weighted by Gasteiger charge is 1.92. The van der Waals surface area contributed by atoms with Crippen LogP contribution in [0.5, 0.6) is 0 Å². The minimum atomic E-state index is 1.33. The maximum Gasteiger partial charge on any atom is 0.00141 e. The molecule has 0 fully saturated rings. The van der Waals surface area contributed by atoms with Gasteiger partial charge in [-0.05, 0) is 41.6 Å². The van der Waals surface area contributed by atoms with E-state index in [1.165, 1.54) is 21.2 Å². The smallest absolute Gasteiger partial charge is 0.00141 e. The molecule has 0 bridgehead atoms. The van der Waals surface area contributed by atoms with E-state index >= 15 is 0 Å². The third kappa shape index (κ3) is 4.88. The summed E-state index contributed by atoms with van der Waals surface area (Å²) in [5.74, 6) is 0. The molecular weight excluding hydrogens is 248 g/mol. The first-order valence-electron chi connectivity index (χ1n) is 6.72. The SMILES string of the molecule is CC.Cc1cccc2ccccc12.Cc1cccs1. The van der Waals surface area contributed by atoms with Crippen molar-refractivity contribution in [2.45, 2.75) is 27.7 Å². The van der Waals surface area contributed by atoms with Gasteiger partial charge in [0.15, 0.2) is 0 Å². The quantitative estimate of drug-likeness (QED) is 0.454. The van der Waals surface area contributed by atoms with Crippen LogP contribution in [0.4, 0.5) is 0 Å². The fourth-order valence-corrected chi connectivity index (χ4v) is 2.28.